The van der Waals surface area contributed by atoms with E-state index in [-0.39, 0.29) is 24.4 Å². The highest BCUT2D eigenvalue weighted by Gasteiger charge is 2.24. The fraction of sp³-hybridized carbons (Fsp3) is 0.400. The number of aliphatic hydroxyl groups is 1. The van der Waals surface area contributed by atoms with Crippen LogP contribution in [0.5, 0.6) is 0 Å². The van der Waals surface area contributed by atoms with Gasteiger partial charge in [0.2, 0.25) is 5.91 Å². The minimum atomic E-state index is -0.344. The molecule has 4 heteroatoms. The summed E-state index contributed by atoms with van der Waals surface area (Å²) in [5.74, 6) is -0.508. The van der Waals surface area contributed by atoms with E-state index in [4.69, 9.17) is 0 Å². The maximum absolute atomic E-state index is 13.4. The molecule has 0 aliphatic carbocycles. The number of hydrogen-bond donors (Lipinski definition) is 1. The summed E-state index contributed by atoms with van der Waals surface area (Å²) < 4.78 is 13.4. The average Bonchev–Trinajstić information content (AvgIpc) is 2.46. The van der Waals surface area contributed by atoms with Gasteiger partial charge in [0, 0.05) is 18.2 Å². The maximum atomic E-state index is 13.4. The van der Waals surface area contributed by atoms with Crippen LogP contribution in [0.25, 0.3) is 6.08 Å². The first-order valence-corrected chi connectivity index (χ1v) is 6.56. The van der Waals surface area contributed by atoms with Gasteiger partial charge in [-0.25, -0.2) is 4.39 Å². The highest BCUT2D eigenvalue weighted by Crippen LogP contribution is 2.17. The van der Waals surface area contributed by atoms with Crippen molar-refractivity contribution < 1.29 is 14.3 Å². The molecule has 1 aromatic carbocycles. The van der Waals surface area contributed by atoms with Gasteiger partial charge in [-0.3, -0.25) is 4.79 Å². The molecule has 0 radical (unpaired) electrons. The number of halogens is 1. The van der Waals surface area contributed by atoms with Crippen molar-refractivity contribution in [3.05, 3.63) is 41.7 Å². The first kappa shape index (κ1) is 13.7. The zero-order chi connectivity index (χ0) is 13.7. The molecule has 1 amide bonds. The van der Waals surface area contributed by atoms with E-state index >= 15 is 0 Å². The molecule has 0 spiro atoms. The van der Waals surface area contributed by atoms with Gasteiger partial charge < -0.3 is 10.0 Å². The van der Waals surface area contributed by atoms with Gasteiger partial charge in [-0.2, -0.15) is 0 Å². The molecule has 3 nitrogen and oxygen atoms in total. The molecule has 1 saturated heterocycles. The number of likely N-dealkylation sites (tertiary alicyclic amines) is 1. The van der Waals surface area contributed by atoms with Crippen LogP contribution in [0.3, 0.4) is 0 Å². The second kappa shape index (κ2) is 6.48. The van der Waals surface area contributed by atoms with Gasteiger partial charge in [-0.05, 0) is 31.4 Å². The SMILES string of the molecule is O=C(/C=C/c1ccccc1F)N1CCCCC1CO. The number of carbonyl (C=O) groups excluding carboxylic acids is 1. The predicted molar refractivity (Wildman–Crippen MR) is 71.9 cm³/mol. The summed E-state index contributed by atoms with van der Waals surface area (Å²) in [6.07, 6.45) is 5.69. The molecule has 19 heavy (non-hydrogen) atoms. The van der Waals surface area contributed by atoms with Crippen LogP contribution in [-0.4, -0.2) is 35.1 Å². The van der Waals surface area contributed by atoms with Gasteiger partial charge in [0.15, 0.2) is 0 Å². The Morgan fingerprint density at radius 2 is 2.21 bits per heavy atom. The number of carbonyl (C=O) groups is 1. The van der Waals surface area contributed by atoms with Crippen LogP contribution in [0, 0.1) is 5.82 Å². The van der Waals surface area contributed by atoms with E-state index in [1.807, 2.05) is 0 Å². The van der Waals surface area contributed by atoms with Gasteiger partial charge in [0.05, 0.1) is 12.6 Å². The lowest BCUT2D eigenvalue weighted by atomic mass is 10.0. The van der Waals surface area contributed by atoms with Crippen LogP contribution in [0.1, 0.15) is 24.8 Å². The summed E-state index contributed by atoms with van der Waals surface area (Å²) in [6, 6.07) is 6.22. The van der Waals surface area contributed by atoms with Gasteiger partial charge >= 0.3 is 0 Å². The minimum absolute atomic E-state index is 0.0146. The normalized spacial score (nSPS) is 19.9. The lowest BCUT2D eigenvalue weighted by molar-refractivity contribution is -0.130. The zero-order valence-corrected chi connectivity index (χ0v) is 10.8. The van der Waals surface area contributed by atoms with Crippen LogP contribution in [0.2, 0.25) is 0 Å². The monoisotopic (exact) mass is 263 g/mol. The van der Waals surface area contributed by atoms with Gasteiger partial charge in [-0.15, -0.1) is 0 Å². The van der Waals surface area contributed by atoms with Crippen LogP contribution < -0.4 is 0 Å². The molecule has 1 atom stereocenters. The Labute approximate surface area is 112 Å². The maximum Gasteiger partial charge on any atom is 0.246 e. The molecule has 1 fully saturated rings. The molecule has 1 aliphatic rings. The third kappa shape index (κ3) is 3.41. The molecule has 102 valence electrons. The van der Waals surface area contributed by atoms with E-state index in [2.05, 4.69) is 0 Å². The molecule has 1 unspecified atom stereocenters. The summed E-state index contributed by atoms with van der Waals surface area (Å²) >= 11 is 0. The third-order valence-electron chi connectivity index (χ3n) is 3.43. The molecular weight excluding hydrogens is 245 g/mol. The molecule has 0 aromatic heterocycles. The highest BCUT2D eigenvalue weighted by atomic mass is 19.1. The molecule has 0 saturated carbocycles. The minimum Gasteiger partial charge on any atom is -0.394 e. The van der Waals surface area contributed by atoms with E-state index in [0.29, 0.717) is 12.1 Å². The molecule has 0 bridgehead atoms. The Balaban J connectivity index is 2.06. The number of nitrogens with zero attached hydrogens (tertiary/aromatic N) is 1. The smallest absolute Gasteiger partial charge is 0.246 e. The average molecular weight is 263 g/mol. The fourth-order valence-corrected chi connectivity index (χ4v) is 2.35. The Bertz CT molecular complexity index is 473. The van der Waals surface area contributed by atoms with E-state index in [1.54, 1.807) is 23.1 Å². The van der Waals surface area contributed by atoms with Crippen molar-refractivity contribution in [1.29, 1.82) is 0 Å². The Hall–Kier alpha value is -1.68. The van der Waals surface area contributed by atoms with Gasteiger partial charge in [0.1, 0.15) is 5.82 Å². The standard InChI is InChI=1S/C15H18FNO2/c16-14-7-2-1-5-12(14)8-9-15(19)17-10-4-3-6-13(17)11-18/h1-2,5,7-9,13,18H,3-4,6,10-11H2/b9-8+. The second-order valence-corrected chi connectivity index (χ2v) is 4.72. The van der Waals surface area contributed by atoms with Crippen molar-refractivity contribution in [2.75, 3.05) is 13.2 Å². The van der Waals surface area contributed by atoms with E-state index in [0.717, 1.165) is 19.3 Å². The molecule has 1 N–H and O–H groups in total. The lowest BCUT2D eigenvalue weighted by Gasteiger charge is -2.33. The van der Waals surface area contributed by atoms with Gasteiger partial charge in [-0.1, -0.05) is 18.2 Å². The zero-order valence-electron chi connectivity index (χ0n) is 10.8. The van der Waals surface area contributed by atoms with Crippen molar-refractivity contribution in [3.63, 3.8) is 0 Å². The Kier molecular flexibility index (Phi) is 4.68. The number of piperidine rings is 1. The Morgan fingerprint density at radius 1 is 1.42 bits per heavy atom. The number of aliphatic hydroxyl groups excluding tert-OH is 1. The summed E-state index contributed by atoms with van der Waals surface area (Å²) in [7, 11) is 0. The summed E-state index contributed by atoms with van der Waals surface area (Å²) in [5.41, 5.74) is 0.397. The molecule has 1 aromatic rings. The first-order valence-electron chi connectivity index (χ1n) is 6.56. The molecule has 2 rings (SSSR count). The number of rotatable bonds is 3. The first-order chi connectivity index (χ1) is 9.22. The highest BCUT2D eigenvalue weighted by molar-refractivity contribution is 5.92. The second-order valence-electron chi connectivity index (χ2n) is 4.72. The van der Waals surface area contributed by atoms with Crippen molar-refractivity contribution >= 4 is 12.0 Å². The summed E-state index contributed by atoms with van der Waals surface area (Å²) in [6.45, 7) is 0.644. The van der Waals surface area contributed by atoms with Crippen LogP contribution in [0.4, 0.5) is 4.39 Å². The van der Waals surface area contributed by atoms with Crippen molar-refractivity contribution in [2.24, 2.45) is 0 Å². The number of benzene rings is 1. The molecule has 1 aliphatic heterocycles. The number of amides is 1. The largest absolute Gasteiger partial charge is 0.394 e. The molecular formula is C15H18FNO2. The van der Waals surface area contributed by atoms with Crippen LogP contribution >= 0.6 is 0 Å². The van der Waals surface area contributed by atoms with Crippen molar-refractivity contribution in [2.45, 2.75) is 25.3 Å². The lowest BCUT2D eigenvalue weighted by Crippen LogP contribution is -2.44. The van der Waals surface area contributed by atoms with E-state index in [9.17, 15) is 14.3 Å². The van der Waals surface area contributed by atoms with E-state index in [1.165, 1.54) is 18.2 Å². The fourth-order valence-electron chi connectivity index (χ4n) is 2.35. The van der Waals surface area contributed by atoms with Crippen LogP contribution in [-0.2, 0) is 4.79 Å². The van der Waals surface area contributed by atoms with Gasteiger partial charge in [0.25, 0.3) is 0 Å². The molecule has 1 heterocycles. The summed E-state index contributed by atoms with van der Waals surface area (Å²) in [5, 5.41) is 9.26. The summed E-state index contributed by atoms with van der Waals surface area (Å²) in [4.78, 5) is 13.7. The predicted octanol–water partition coefficient (Wildman–Crippen LogP) is 2.21. The Morgan fingerprint density at radius 3 is 2.95 bits per heavy atom. The number of hydrogen-bond acceptors (Lipinski definition) is 2. The van der Waals surface area contributed by atoms with Crippen molar-refractivity contribution in [1.82, 2.24) is 4.90 Å². The van der Waals surface area contributed by atoms with E-state index < -0.39 is 0 Å². The third-order valence-corrected chi connectivity index (χ3v) is 3.43. The quantitative estimate of drug-likeness (QED) is 0.849. The van der Waals surface area contributed by atoms with Crippen LogP contribution in [0.15, 0.2) is 30.3 Å². The topological polar surface area (TPSA) is 40.5 Å². The van der Waals surface area contributed by atoms with Crippen molar-refractivity contribution in [3.8, 4) is 0 Å².